The molecule has 2 saturated carbocycles. The number of amides is 1. The summed E-state index contributed by atoms with van der Waals surface area (Å²) in [5.74, 6) is -2.46. The van der Waals surface area contributed by atoms with Crippen molar-refractivity contribution < 1.29 is 40.3 Å². The van der Waals surface area contributed by atoms with Crippen LogP contribution in [0, 0.1) is 17.7 Å². The molecular formula is C27H28F5NO4S. The quantitative estimate of drug-likeness (QED) is 0.393. The van der Waals surface area contributed by atoms with E-state index in [0.29, 0.717) is 19.8 Å². The minimum absolute atomic E-state index is 0.0121. The van der Waals surface area contributed by atoms with Crippen molar-refractivity contribution in [3.63, 3.8) is 0 Å². The van der Waals surface area contributed by atoms with Gasteiger partial charge in [0, 0.05) is 12.5 Å². The highest BCUT2D eigenvalue weighted by molar-refractivity contribution is 7.92. The third-order valence-corrected chi connectivity index (χ3v) is 11.2. The smallest absolute Gasteiger partial charge is 0.388 e. The van der Waals surface area contributed by atoms with E-state index >= 15 is 0 Å². The first-order chi connectivity index (χ1) is 17.6. The van der Waals surface area contributed by atoms with Crippen LogP contribution in [0.15, 0.2) is 47.4 Å². The number of hydrogen-bond donors (Lipinski definition) is 2. The van der Waals surface area contributed by atoms with Crippen LogP contribution in [0.1, 0.15) is 55.7 Å². The molecule has 4 atom stereocenters. The molecule has 5 nitrogen and oxygen atoms in total. The Labute approximate surface area is 217 Å². The van der Waals surface area contributed by atoms with E-state index < -0.39 is 55.2 Å². The third-order valence-electron chi connectivity index (χ3n) is 8.63. The van der Waals surface area contributed by atoms with E-state index in [1.54, 1.807) is 0 Å². The zero-order valence-corrected chi connectivity index (χ0v) is 21.4. The maximum Gasteiger partial charge on any atom is 0.426 e. The lowest BCUT2D eigenvalue weighted by Crippen LogP contribution is -2.47. The first-order valence-electron chi connectivity index (χ1n) is 12.5. The molecule has 0 saturated heterocycles. The van der Waals surface area contributed by atoms with Gasteiger partial charge in [-0.1, -0.05) is 18.2 Å². The number of sulfone groups is 1. The van der Waals surface area contributed by atoms with Crippen molar-refractivity contribution in [1.29, 1.82) is 0 Å². The Bertz CT molecular complexity index is 1370. The topological polar surface area (TPSA) is 83.5 Å². The molecule has 0 heterocycles. The predicted molar refractivity (Wildman–Crippen MR) is 128 cm³/mol. The molecule has 38 heavy (non-hydrogen) atoms. The molecule has 1 unspecified atom stereocenters. The van der Waals surface area contributed by atoms with Gasteiger partial charge in [-0.25, -0.2) is 17.2 Å². The van der Waals surface area contributed by atoms with Crippen molar-refractivity contribution in [3.8, 4) is 0 Å². The highest BCUT2D eigenvalue weighted by Gasteiger charge is 2.62. The molecule has 3 aliphatic carbocycles. The fraction of sp³-hybridized carbons (Fsp3) is 0.519. The zero-order chi connectivity index (χ0) is 27.7. The maximum atomic E-state index is 14.8. The van der Waals surface area contributed by atoms with E-state index in [9.17, 15) is 40.3 Å². The van der Waals surface area contributed by atoms with Gasteiger partial charge in [0.2, 0.25) is 11.6 Å². The standard InChI is InChI=1S/C27H28F5NO4S/c1-24(29,27(30,31)32)17-3-9-21-16(14-17)2-8-22-20(23(34)33-15-25(35)12-13-25)10-11-26(21,22)38(36,37)19-6-4-18(28)5-7-19/h3-7,9,14,20,22,35H,2,8,10-13,15H2,1H3,(H,33,34)/t20-,22+,24?,26-/m1/s1. The van der Waals surface area contributed by atoms with Crippen molar-refractivity contribution in [1.82, 2.24) is 5.32 Å². The number of aryl methyl sites for hydroxylation is 1. The Morgan fingerprint density at radius 3 is 2.32 bits per heavy atom. The van der Waals surface area contributed by atoms with Gasteiger partial charge in [-0.05, 0) is 92.3 Å². The van der Waals surface area contributed by atoms with E-state index in [1.165, 1.54) is 6.07 Å². The molecule has 3 aliphatic rings. The largest absolute Gasteiger partial charge is 0.426 e. The maximum absolute atomic E-state index is 14.8. The molecule has 0 aliphatic heterocycles. The summed E-state index contributed by atoms with van der Waals surface area (Å²) in [6.07, 6.45) is -3.50. The molecule has 1 amide bonds. The lowest BCUT2D eigenvalue weighted by Gasteiger charge is -2.42. The Kier molecular flexibility index (Phi) is 6.22. The lowest BCUT2D eigenvalue weighted by atomic mass is 9.72. The fourth-order valence-electron chi connectivity index (χ4n) is 6.15. The van der Waals surface area contributed by atoms with Crippen LogP contribution in [0.5, 0.6) is 0 Å². The van der Waals surface area contributed by atoms with Crippen molar-refractivity contribution in [2.24, 2.45) is 11.8 Å². The van der Waals surface area contributed by atoms with Crippen molar-refractivity contribution in [2.75, 3.05) is 6.54 Å². The second kappa shape index (κ2) is 8.74. The molecule has 0 spiro atoms. The summed E-state index contributed by atoms with van der Waals surface area (Å²) in [5.41, 5.74) is -4.68. The third kappa shape index (κ3) is 4.13. The number of fused-ring (bicyclic) bond motifs is 3. The van der Waals surface area contributed by atoms with Crippen LogP contribution < -0.4 is 5.32 Å². The van der Waals surface area contributed by atoms with Gasteiger partial charge in [0.25, 0.3) is 0 Å². The first kappa shape index (κ1) is 27.1. The number of carbonyl (C=O) groups excluding carboxylic acids is 1. The summed E-state index contributed by atoms with van der Waals surface area (Å²) >= 11 is 0. The van der Waals surface area contributed by atoms with Gasteiger partial charge < -0.3 is 10.4 Å². The molecule has 11 heteroatoms. The molecule has 0 bridgehead atoms. The SMILES string of the molecule is CC(F)(c1ccc2c(c1)CC[C@H]1[C@H](C(=O)NCC3(O)CC3)CC[C@@]21S(=O)(=O)c1ccc(F)cc1)C(F)(F)F. The molecular weight excluding hydrogens is 529 g/mol. The molecule has 0 aromatic heterocycles. The molecule has 5 rings (SSSR count). The Hall–Kier alpha value is -2.53. The summed E-state index contributed by atoms with van der Waals surface area (Å²) in [6.45, 7) is 0.481. The van der Waals surface area contributed by atoms with Gasteiger partial charge in [-0.15, -0.1) is 0 Å². The summed E-state index contributed by atoms with van der Waals surface area (Å²) in [5, 5.41) is 12.9. The van der Waals surface area contributed by atoms with Crippen molar-refractivity contribution in [2.45, 2.75) is 72.5 Å². The van der Waals surface area contributed by atoms with E-state index in [1.807, 2.05) is 0 Å². The molecule has 0 radical (unpaired) electrons. The van der Waals surface area contributed by atoms with Crippen LogP contribution in [-0.2, 0) is 31.5 Å². The second-order valence-electron chi connectivity index (χ2n) is 11.0. The summed E-state index contributed by atoms with van der Waals surface area (Å²) in [7, 11) is -4.28. The average molecular weight is 558 g/mol. The van der Waals surface area contributed by atoms with Gasteiger partial charge in [0.15, 0.2) is 9.84 Å². The number of carbonyl (C=O) groups is 1. The fourth-order valence-corrected chi connectivity index (χ4v) is 8.62. The van der Waals surface area contributed by atoms with Crippen LogP contribution in [0.2, 0.25) is 0 Å². The van der Waals surface area contributed by atoms with E-state index in [-0.39, 0.29) is 54.2 Å². The monoisotopic (exact) mass is 557 g/mol. The average Bonchev–Trinajstić information content (AvgIpc) is 3.45. The van der Waals surface area contributed by atoms with Crippen molar-refractivity contribution in [3.05, 3.63) is 65.0 Å². The minimum atomic E-state index is -5.17. The number of benzene rings is 2. The normalized spacial score (nSPS) is 27.7. The van der Waals surface area contributed by atoms with Gasteiger partial charge in [0.1, 0.15) is 10.6 Å². The molecule has 2 fully saturated rings. The predicted octanol–water partition coefficient (Wildman–Crippen LogP) is 4.86. The molecule has 2 aromatic rings. The number of halogens is 5. The van der Waals surface area contributed by atoms with Crippen molar-refractivity contribution >= 4 is 15.7 Å². The number of alkyl halides is 4. The number of nitrogens with one attached hydrogen (secondary N) is 1. The highest BCUT2D eigenvalue weighted by Crippen LogP contribution is 2.59. The van der Waals surface area contributed by atoms with E-state index in [0.717, 1.165) is 36.4 Å². The summed E-state index contributed by atoms with van der Waals surface area (Å²) in [4.78, 5) is 13.0. The summed E-state index contributed by atoms with van der Waals surface area (Å²) < 4.78 is 95.5. The van der Waals surface area contributed by atoms with Gasteiger partial charge in [-0.2, -0.15) is 13.2 Å². The summed E-state index contributed by atoms with van der Waals surface area (Å²) in [6, 6.07) is 7.59. The second-order valence-corrected chi connectivity index (χ2v) is 13.2. The highest BCUT2D eigenvalue weighted by atomic mass is 32.2. The Balaban J connectivity index is 1.61. The molecule has 2 N–H and O–H groups in total. The van der Waals surface area contributed by atoms with E-state index in [2.05, 4.69) is 5.32 Å². The van der Waals surface area contributed by atoms with Gasteiger partial charge in [0.05, 0.1) is 10.5 Å². The Morgan fingerprint density at radius 1 is 1.05 bits per heavy atom. The van der Waals surface area contributed by atoms with Crippen LogP contribution >= 0.6 is 0 Å². The number of rotatable bonds is 6. The lowest BCUT2D eigenvalue weighted by molar-refractivity contribution is -0.228. The Morgan fingerprint density at radius 2 is 1.71 bits per heavy atom. The van der Waals surface area contributed by atoms with Crippen LogP contribution in [-0.4, -0.2) is 37.8 Å². The van der Waals surface area contributed by atoms with Crippen LogP contribution in [0.3, 0.4) is 0 Å². The molecule has 2 aromatic carbocycles. The van der Waals surface area contributed by atoms with Crippen LogP contribution in [0.25, 0.3) is 0 Å². The van der Waals surface area contributed by atoms with Gasteiger partial charge >= 0.3 is 6.18 Å². The van der Waals surface area contributed by atoms with Gasteiger partial charge in [-0.3, -0.25) is 4.79 Å². The zero-order valence-electron chi connectivity index (χ0n) is 20.6. The van der Waals surface area contributed by atoms with E-state index in [4.69, 9.17) is 0 Å². The minimum Gasteiger partial charge on any atom is -0.388 e. The molecule has 206 valence electrons. The number of aliphatic hydroxyl groups is 1. The first-order valence-corrected chi connectivity index (χ1v) is 14.0. The van der Waals surface area contributed by atoms with Crippen LogP contribution in [0.4, 0.5) is 22.0 Å². The number of hydrogen-bond acceptors (Lipinski definition) is 4.